The SMILES string of the molecule is CNCC1CCCN(C(=O)CC(c2ccccc2)c2ccccc2)C1. The number of piperidine rings is 1. The molecule has 0 spiro atoms. The highest BCUT2D eigenvalue weighted by atomic mass is 16.2. The van der Waals surface area contributed by atoms with Gasteiger partial charge in [-0.25, -0.2) is 0 Å². The molecule has 0 aromatic heterocycles. The van der Waals surface area contributed by atoms with Gasteiger partial charge in [0.2, 0.25) is 5.91 Å². The van der Waals surface area contributed by atoms with Gasteiger partial charge >= 0.3 is 0 Å². The molecule has 1 atom stereocenters. The molecule has 1 amide bonds. The van der Waals surface area contributed by atoms with Crippen molar-refractivity contribution < 1.29 is 4.79 Å². The lowest BCUT2D eigenvalue weighted by Gasteiger charge is -2.34. The van der Waals surface area contributed by atoms with Gasteiger partial charge in [0, 0.05) is 25.4 Å². The van der Waals surface area contributed by atoms with Crippen molar-refractivity contribution in [3.05, 3.63) is 71.8 Å². The Bertz CT molecular complexity index is 615. The second kappa shape index (κ2) is 8.82. The molecule has 3 rings (SSSR count). The molecule has 3 nitrogen and oxygen atoms in total. The Balaban J connectivity index is 1.75. The standard InChI is InChI=1S/C22H28N2O/c1-23-16-18-9-8-14-24(17-18)22(25)15-21(19-10-4-2-5-11-19)20-12-6-3-7-13-20/h2-7,10-13,18,21,23H,8-9,14-17H2,1H3. The van der Waals surface area contributed by atoms with E-state index >= 15 is 0 Å². The molecule has 0 radical (unpaired) electrons. The summed E-state index contributed by atoms with van der Waals surface area (Å²) in [7, 11) is 1.99. The summed E-state index contributed by atoms with van der Waals surface area (Å²) in [6.07, 6.45) is 2.87. The second-order valence-electron chi connectivity index (χ2n) is 6.98. The fourth-order valence-electron chi connectivity index (χ4n) is 3.85. The van der Waals surface area contributed by atoms with Crippen LogP contribution in [0.2, 0.25) is 0 Å². The first kappa shape index (κ1) is 17.7. The first-order valence-corrected chi connectivity index (χ1v) is 9.30. The van der Waals surface area contributed by atoms with Gasteiger partial charge in [-0.3, -0.25) is 4.79 Å². The molecule has 0 aliphatic carbocycles. The van der Waals surface area contributed by atoms with E-state index in [-0.39, 0.29) is 11.8 Å². The summed E-state index contributed by atoms with van der Waals surface area (Å²) in [5.41, 5.74) is 2.43. The Kier molecular flexibility index (Phi) is 6.24. The molecule has 1 saturated heterocycles. The van der Waals surface area contributed by atoms with E-state index in [0.29, 0.717) is 12.3 Å². The number of amides is 1. The van der Waals surface area contributed by atoms with Crippen LogP contribution in [0, 0.1) is 5.92 Å². The Morgan fingerprint density at radius 3 is 2.24 bits per heavy atom. The average Bonchev–Trinajstić information content (AvgIpc) is 2.68. The van der Waals surface area contributed by atoms with Crippen LogP contribution in [0.1, 0.15) is 36.3 Å². The van der Waals surface area contributed by atoms with Crippen molar-refractivity contribution in [2.45, 2.75) is 25.2 Å². The van der Waals surface area contributed by atoms with E-state index in [1.54, 1.807) is 0 Å². The lowest BCUT2D eigenvalue weighted by atomic mass is 9.87. The molecular formula is C22H28N2O. The summed E-state index contributed by atoms with van der Waals surface area (Å²) in [5.74, 6) is 0.979. The van der Waals surface area contributed by atoms with E-state index in [1.807, 2.05) is 19.2 Å². The van der Waals surface area contributed by atoms with Crippen LogP contribution in [0.25, 0.3) is 0 Å². The van der Waals surface area contributed by atoms with Gasteiger partial charge in [-0.1, -0.05) is 60.7 Å². The van der Waals surface area contributed by atoms with Gasteiger partial charge in [0.25, 0.3) is 0 Å². The van der Waals surface area contributed by atoms with Crippen LogP contribution in [0.4, 0.5) is 0 Å². The van der Waals surface area contributed by atoms with Crippen molar-refractivity contribution in [3.8, 4) is 0 Å². The predicted molar refractivity (Wildman–Crippen MR) is 103 cm³/mol. The Morgan fingerprint density at radius 2 is 1.68 bits per heavy atom. The van der Waals surface area contributed by atoms with Crippen molar-refractivity contribution in [3.63, 3.8) is 0 Å². The molecule has 1 fully saturated rings. The number of benzene rings is 2. The van der Waals surface area contributed by atoms with Gasteiger partial charge < -0.3 is 10.2 Å². The summed E-state index contributed by atoms with van der Waals surface area (Å²) in [6.45, 7) is 2.77. The van der Waals surface area contributed by atoms with Crippen molar-refractivity contribution in [1.82, 2.24) is 10.2 Å². The average molecular weight is 336 g/mol. The molecular weight excluding hydrogens is 308 g/mol. The highest BCUT2D eigenvalue weighted by Gasteiger charge is 2.26. The van der Waals surface area contributed by atoms with E-state index in [1.165, 1.54) is 17.5 Å². The maximum absolute atomic E-state index is 13.0. The number of carbonyl (C=O) groups excluding carboxylic acids is 1. The van der Waals surface area contributed by atoms with Crippen molar-refractivity contribution in [1.29, 1.82) is 0 Å². The van der Waals surface area contributed by atoms with Crippen LogP contribution in [0.5, 0.6) is 0 Å². The summed E-state index contributed by atoms with van der Waals surface area (Å²) < 4.78 is 0. The van der Waals surface area contributed by atoms with E-state index in [2.05, 4.69) is 58.7 Å². The van der Waals surface area contributed by atoms with Crippen molar-refractivity contribution in [2.75, 3.05) is 26.7 Å². The molecule has 132 valence electrons. The van der Waals surface area contributed by atoms with Gasteiger partial charge in [0.05, 0.1) is 0 Å². The maximum atomic E-state index is 13.0. The largest absolute Gasteiger partial charge is 0.342 e. The zero-order chi connectivity index (χ0) is 17.5. The number of rotatable bonds is 6. The Hall–Kier alpha value is -2.13. The highest BCUT2D eigenvalue weighted by Crippen LogP contribution is 2.29. The number of carbonyl (C=O) groups is 1. The van der Waals surface area contributed by atoms with Gasteiger partial charge in [-0.15, -0.1) is 0 Å². The zero-order valence-corrected chi connectivity index (χ0v) is 15.0. The number of nitrogens with zero attached hydrogens (tertiary/aromatic N) is 1. The molecule has 2 aromatic carbocycles. The van der Waals surface area contributed by atoms with Crippen LogP contribution >= 0.6 is 0 Å². The minimum absolute atomic E-state index is 0.125. The Labute approximate surface area is 151 Å². The zero-order valence-electron chi connectivity index (χ0n) is 15.0. The highest BCUT2D eigenvalue weighted by molar-refractivity contribution is 5.78. The van der Waals surface area contributed by atoms with E-state index in [0.717, 1.165) is 26.1 Å². The summed E-state index contributed by atoms with van der Waals surface area (Å²) >= 11 is 0. The first-order chi connectivity index (χ1) is 12.3. The molecule has 1 unspecified atom stereocenters. The normalized spacial score (nSPS) is 17.7. The molecule has 25 heavy (non-hydrogen) atoms. The fourth-order valence-corrected chi connectivity index (χ4v) is 3.85. The van der Waals surface area contributed by atoms with E-state index in [9.17, 15) is 4.79 Å². The monoisotopic (exact) mass is 336 g/mol. The third-order valence-corrected chi connectivity index (χ3v) is 5.15. The van der Waals surface area contributed by atoms with Crippen molar-refractivity contribution >= 4 is 5.91 Å². The lowest BCUT2D eigenvalue weighted by molar-refractivity contribution is -0.133. The minimum Gasteiger partial charge on any atom is -0.342 e. The van der Waals surface area contributed by atoms with Crippen molar-refractivity contribution in [2.24, 2.45) is 5.92 Å². The van der Waals surface area contributed by atoms with Crippen LogP contribution in [0.3, 0.4) is 0 Å². The molecule has 0 saturated carbocycles. The number of hydrogen-bond donors (Lipinski definition) is 1. The van der Waals surface area contributed by atoms with E-state index in [4.69, 9.17) is 0 Å². The van der Waals surface area contributed by atoms with E-state index < -0.39 is 0 Å². The summed E-state index contributed by atoms with van der Waals surface area (Å²) in [4.78, 5) is 15.1. The Morgan fingerprint density at radius 1 is 1.08 bits per heavy atom. The minimum atomic E-state index is 0.125. The fraction of sp³-hybridized carbons (Fsp3) is 0.409. The molecule has 1 N–H and O–H groups in total. The van der Waals surface area contributed by atoms with Gasteiger partial charge in [-0.2, -0.15) is 0 Å². The molecule has 1 aliphatic heterocycles. The second-order valence-corrected chi connectivity index (χ2v) is 6.98. The van der Waals surface area contributed by atoms with Gasteiger partial charge in [0.1, 0.15) is 0 Å². The van der Waals surface area contributed by atoms with Crippen LogP contribution in [-0.4, -0.2) is 37.5 Å². The van der Waals surface area contributed by atoms with Crippen LogP contribution in [-0.2, 0) is 4.79 Å². The quantitative estimate of drug-likeness (QED) is 0.873. The van der Waals surface area contributed by atoms with Gasteiger partial charge in [-0.05, 0) is 43.5 Å². The third kappa shape index (κ3) is 4.70. The topological polar surface area (TPSA) is 32.3 Å². The third-order valence-electron chi connectivity index (χ3n) is 5.15. The smallest absolute Gasteiger partial charge is 0.223 e. The predicted octanol–water partition coefficient (Wildman–Crippen LogP) is 3.67. The molecule has 1 heterocycles. The van der Waals surface area contributed by atoms with Crippen LogP contribution < -0.4 is 5.32 Å². The molecule has 3 heteroatoms. The number of hydrogen-bond acceptors (Lipinski definition) is 2. The van der Waals surface area contributed by atoms with Crippen LogP contribution in [0.15, 0.2) is 60.7 Å². The summed E-state index contributed by atoms with van der Waals surface area (Å²) in [5, 5.41) is 3.25. The first-order valence-electron chi connectivity index (χ1n) is 9.30. The molecule has 0 bridgehead atoms. The number of likely N-dealkylation sites (tertiary alicyclic amines) is 1. The van der Waals surface area contributed by atoms with Gasteiger partial charge in [0.15, 0.2) is 0 Å². The maximum Gasteiger partial charge on any atom is 0.223 e. The number of nitrogens with one attached hydrogen (secondary N) is 1. The molecule has 2 aromatic rings. The summed E-state index contributed by atoms with van der Waals surface area (Å²) in [6, 6.07) is 20.8. The lowest BCUT2D eigenvalue weighted by Crippen LogP contribution is -2.42. The molecule has 1 aliphatic rings.